The van der Waals surface area contributed by atoms with Gasteiger partial charge in [0, 0.05) is 34.7 Å². The average molecular weight is 457 g/mol. The van der Waals surface area contributed by atoms with E-state index < -0.39 is 10.0 Å². The SMILES string of the molecule is COc1ccc(Cl)cc1S(=O)(=O)N1CCC(C(=O)Nc2cccc(Cl)c2C)CC1. The summed E-state index contributed by atoms with van der Waals surface area (Å²) in [5.74, 6) is -0.167. The van der Waals surface area contributed by atoms with Crippen molar-refractivity contribution in [3.8, 4) is 5.75 Å². The van der Waals surface area contributed by atoms with Gasteiger partial charge in [0.05, 0.1) is 7.11 Å². The van der Waals surface area contributed by atoms with Crippen LogP contribution in [0.25, 0.3) is 0 Å². The maximum absolute atomic E-state index is 13.0. The second-order valence-corrected chi connectivity index (χ2v) is 9.63. The lowest BCUT2D eigenvalue weighted by Crippen LogP contribution is -2.41. The van der Waals surface area contributed by atoms with E-state index in [2.05, 4.69) is 5.32 Å². The Balaban J connectivity index is 1.69. The lowest BCUT2D eigenvalue weighted by atomic mass is 9.97. The third kappa shape index (κ3) is 4.69. The van der Waals surface area contributed by atoms with Crippen LogP contribution in [0.3, 0.4) is 0 Å². The number of nitrogens with one attached hydrogen (secondary N) is 1. The Morgan fingerprint density at radius 1 is 1.17 bits per heavy atom. The zero-order valence-corrected chi connectivity index (χ0v) is 18.4. The fraction of sp³-hybridized carbons (Fsp3) is 0.350. The number of anilines is 1. The molecule has 156 valence electrons. The highest BCUT2D eigenvalue weighted by Crippen LogP contribution is 2.32. The van der Waals surface area contributed by atoms with E-state index >= 15 is 0 Å². The number of nitrogens with zero attached hydrogens (tertiary/aromatic N) is 1. The van der Waals surface area contributed by atoms with Crippen molar-refractivity contribution in [3.05, 3.63) is 52.0 Å². The number of hydrogen-bond acceptors (Lipinski definition) is 4. The summed E-state index contributed by atoms with van der Waals surface area (Å²) in [4.78, 5) is 12.7. The van der Waals surface area contributed by atoms with Crippen molar-refractivity contribution in [2.45, 2.75) is 24.7 Å². The first-order valence-electron chi connectivity index (χ1n) is 9.13. The highest BCUT2D eigenvalue weighted by Gasteiger charge is 2.34. The van der Waals surface area contributed by atoms with Crippen molar-refractivity contribution in [1.82, 2.24) is 4.31 Å². The first-order valence-corrected chi connectivity index (χ1v) is 11.3. The van der Waals surface area contributed by atoms with Crippen LogP contribution in [0.2, 0.25) is 10.0 Å². The molecule has 1 aliphatic rings. The maximum atomic E-state index is 13.0. The van der Waals surface area contributed by atoms with E-state index in [1.807, 2.05) is 6.92 Å². The summed E-state index contributed by atoms with van der Waals surface area (Å²) in [5, 5.41) is 3.80. The predicted octanol–water partition coefficient (Wildman–Crippen LogP) is 4.35. The summed E-state index contributed by atoms with van der Waals surface area (Å²) in [6, 6.07) is 9.83. The number of carbonyl (C=O) groups excluding carboxylic acids is 1. The number of sulfonamides is 1. The van der Waals surface area contributed by atoms with Crippen LogP contribution in [-0.2, 0) is 14.8 Å². The molecular formula is C20H22Cl2N2O4S. The molecule has 29 heavy (non-hydrogen) atoms. The topological polar surface area (TPSA) is 75.7 Å². The molecule has 0 saturated carbocycles. The summed E-state index contributed by atoms with van der Waals surface area (Å²) in [6.45, 7) is 2.32. The third-order valence-corrected chi connectivity index (χ3v) is 7.66. The molecule has 6 nitrogen and oxygen atoms in total. The Labute approximate surface area is 180 Å². The predicted molar refractivity (Wildman–Crippen MR) is 114 cm³/mol. The van der Waals surface area contributed by atoms with Gasteiger partial charge in [-0.05, 0) is 55.7 Å². The molecule has 2 aromatic rings. The van der Waals surface area contributed by atoms with E-state index in [-0.39, 0.29) is 35.6 Å². The van der Waals surface area contributed by atoms with Crippen molar-refractivity contribution < 1.29 is 17.9 Å². The third-order valence-electron chi connectivity index (χ3n) is 5.09. The summed E-state index contributed by atoms with van der Waals surface area (Å²) in [5.41, 5.74) is 1.47. The molecule has 1 N–H and O–H groups in total. The molecule has 0 spiro atoms. The van der Waals surface area contributed by atoms with Crippen LogP contribution in [0.4, 0.5) is 5.69 Å². The second kappa shape index (κ2) is 8.92. The molecular weight excluding hydrogens is 435 g/mol. The second-order valence-electron chi connectivity index (χ2n) is 6.88. The van der Waals surface area contributed by atoms with Crippen LogP contribution in [0, 0.1) is 12.8 Å². The molecule has 2 aromatic carbocycles. The summed E-state index contributed by atoms with van der Waals surface area (Å²) >= 11 is 12.1. The minimum absolute atomic E-state index is 0.0324. The normalized spacial score (nSPS) is 15.9. The Hall–Kier alpha value is -1.80. The van der Waals surface area contributed by atoms with Gasteiger partial charge < -0.3 is 10.1 Å². The van der Waals surface area contributed by atoms with Crippen molar-refractivity contribution in [3.63, 3.8) is 0 Å². The minimum atomic E-state index is -3.77. The Kier molecular flexibility index (Phi) is 6.73. The number of benzene rings is 2. The molecule has 1 fully saturated rings. The van der Waals surface area contributed by atoms with Gasteiger partial charge in [-0.15, -0.1) is 0 Å². The highest BCUT2D eigenvalue weighted by molar-refractivity contribution is 7.89. The zero-order chi connectivity index (χ0) is 21.2. The molecule has 1 heterocycles. The fourth-order valence-electron chi connectivity index (χ4n) is 3.33. The molecule has 9 heteroatoms. The summed E-state index contributed by atoms with van der Waals surface area (Å²) < 4.78 is 32.6. The van der Waals surface area contributed by atoms with Gasteiger partial charge in [0.25, 0.3) is 0 Å². The van der Waals surface area contributed by atoms with Gasteiger partial charge in [-0.3, -0.25) is 4.79 Å². The number of halogens is 2. The van der Waals surface area contributed by atoms with E-state index in [9.17, 15) is 13.2 Å². The van der Waals surface area contributed by atoms with Gasteiger partial charge in [-0.2, -0.15) is 4.31 Å². The molecule has 1 amide bonds. The van der Waals surface area contributed by atoms with Crippen molar-refractivity contribution in [1.29, 1.82) is 0 Å². The number of amides is 1. The number of ether oxygens (including phenoxy) is 1. The van der Waals surface area contributed by atoms with E-state index in [1.165, 1.54) is 23.5 Å². The minimum Gasteiger partial charge on any atom is -0.495 e. The number of methoxy groups -OCH3 is 1. The highest BCUT2D eigenvalue weighted by atomic mass is 35.5. The first-order chi connectivity index (χ1) is 13.7. The molecule has 3 rings (SSSR count). The van der Waals surface area contributed by atoms with E-state index in [1.54, 1.807) is 24.3 Å². The van der Waals surface area contributed by atoms with Crippen LogP contribution in [-0.4, -0.2) is 38.8 Å². The Morgan fingerprint density at radius 3 is 2.52 bits per heavy atom. The molecule has 0 radical (unpaired) electrons. The number of hydrogen-bond donors (Lipinski definition) is 1. The van der Waals surface area contributed by atoms with Crippen molar-refractivity contribution in [2.24, 2.45) is 5.92 Å². The molecule has 0 aromatic heterocycles. The van der Waals surface area contributed by atoms with Crippen LogP contribution in [0.15, 0.2) is 41.3 Å². The summed E-state index contributed by atoms with van der Waals surface area (Å²) in [7, 11) is -2.36. The van der Waals surface area contributed by atoms with E-state index in [0.717, 1.165) is 5.56 Å². The maximum Gasteiger partial charge on any atom is 0.246 e. The lowest BCUT2D eigenvalue weighted by Gasteiger charge is -2.31. The first kappa shape index (κ1) is 21.9. The zero-order valence-electron chi connectivity index (χ0n) is 16.1. The van der Waals surface area contributed by atoms with Crippen LogP contribution < -0.4 is 10.1 Å². The van der Waals surface area contributed by atoms with Gasteiger partial charge >= 0.3 is 0 Å². The monoisotopic (exact) mass is 456 g/mol. The van der Waals surface area contributed by atoms with Gasteiger partial charge in [-0.1, -0.05) is 29.3 Å². The van der Waals surface area contributed by atoms with Crippen molar-refractivity contribution >= 4 is 44.8 Å². The number of carbonyl (C=O) groups is 1. The summed E-state index contributed by atoms with van der Waals surface area (Å²) in [6.07, 6.45) is 0.848. The molecule has 1 aliphatic heterocycles. The fourth-order valence-corrected chi connectivity index (χ4v) is 5.39. The lowest BCUT2D eigenvalue weighted by molar-refractivity contribution is -0.120. The smallest absolute Gasteiger partial charge is 0.246 e. The molecule has 1 saturated heterocycles. The molecule has 0 aliphatic carbocycles. The number of rotatable bonds is 5. The number of piperidine rings is 1. The largest absolute Gasteiger partial charge is 0.495 e. The Morgan fingerprint density at radius 2 is 1.86 bits per heavy atom. The van der Waals surface area contributed by atoms with Gasteiger partial charge in [0.1, 0.15) is 10.6 Å². The van der Waals surface area contributed by atoms with Gasteiger partial charge in [-0.25, -0.2) is 8.42 Å². The van der Waals surface area contributed by atoms with Crippen LogP contribution in [0.5, 0.6) is 5.75 Å². The molecule has 0 unspecified atom stereocenters. The van der Waals surface area contributed by atoms with Crippen LogP contribution in [0.1, 0.15) is 18.4 Å². The van der Waals surface area contributed by atoms with Crippen molar-refractivity contribution in [2.75, 3.05) is 25.5 Å². The standard InChI is InChI=1S/C20H22Cl2N2O4S/c1-13-16(22)4-3-5-17(13)23-20(25)14-8-10-24(11-9-14)29(26,27)19-12-15(21)6-7-18(19)28-2/h3-7,12,14H,8-11H2,1-2H3,(H,23,25). The van der Waals surface area contributed by atoms with E-state index in [4.69, 9.17) is 27.9 Å². The molecule has 0 bridgehead atoms. The van der Waals surface area contributed by atoms with Crippen LogP contribution >= 0.6 is 23.2 Å². The van der Waals surface area contributed by atoms with Gasteiger partial charge in [0.15, 0.2) is 0 Å². The Bertz CT molecular complexity index is 1020. The quantitative estimate of drug-likeness (QED) is 0.725. The average Bonchev–Trinajstić information content (AvgIpc) is 2.71. The van der Waals surface area contributed by atoms with Gasteiger partial charge in [0.2, 0.25) is 15.9 Å². The molecule has 0 atom stereocenters. The van der Waals surface area contributed by atoms with E-state index in [0.29, 0.717) is 28.6 Å².